The number of aromatic nitrogens is 2. The maximum absolute atomic E-state index is 4.17. The Hall–Kier alpha value is -0.250. The number of halogens is 2. The molecule has 0 aromatic carbocycles. The van der Waals surface area contributed by atoms with Gasteiger partial charge >= 0.3 is 0 Å². The van der Waals surface area contributed by atoms with Gasteiger partial charge in [0, 0.05) is 18.9 Å². The van der Waals surface area contributed by atoms with Crippen molar-refractivity contribution in [2.75, 3.05) is 13.1 Å². The SMILES string of the molecule is Cl.Cl.c1cnn(CC2CCNC2)c1. The molecule has 76 valence electrons. The fourth-order valence-corrected chi connectivity index (χ4v) is 1.54. The van der Waals surface area contributed by atoms with Crippen LogP contribution < -0.4 is 5.32 Å². The van der Waals surface area contributed by atoms with Crippen LogP contribution in [0.1, 0.15) is 6.42 Å². The topological polar surface area (TPSA) is 29.9 Å². The lowest BCUT2D eigenvalue weighted by Gasteiger charge is -2.06. The van der Waals surface area contributed by atoms with E-state index in [9.17, 15) is 0 Å². The Morgan fingerprint density at radius 2 is 2.31 bits per heavy atom. The quantitative estimate of drug-likeness (QED) is 0.821. The minimum atomic E-state index is 0. The van der Waals surface area contributed by atoms with E-state index in [1.807, 2.05) is 23.1 Å². The van der Waals surface area contributed by atoms with Crippen LogP contribution in [0.25, 0.3) is 0 Å². The van der Waals surface area contributed by atoms with Gasteiger partial charge in [-0.1, -0.05) is 0 Å². The molecule has 0 saturated carbocycles. The average molecular weight is 224 g/mol. The number of nitrogens with one attached hydrogen (secondary N) is 1. The maximum atomic E-state index is 4.17. The normalized spacial score (nSPS) is 20.5. The lowest BCUT2D eigenvalue weighted by Crippen LogP contribution is -2.14. The Morgan fingerprint density at radius 3 is 2.85 bits per heavy atom. The average Bonchev–Trinajstić information content (AvgIpc) is 2.60. The van der Waals surface area contributed by atoms with E-state index in [1.54, 1.807) is 0 Å². The van der Waals surface area contributed by atoms with E-state index in [0.29, 0.717) is 0 Å². The molecule has 1 saturated heterocycles. The molecule has 1 aliphatic heterocycles. The van der Waals surface area contributed by atoms with Crippen molar-refractivity contribution in [3.63, 3.8) is 0 Å². The molecule has 0 spiro atoms. The molecule has 3 nitrogen and oxygen atoms in total. The summed E-state index contributed by atoms with van der Waals surface area (Å²) in [6.07, 6.45) is 5.15. The number of hydrogen-bond acceptors (Lipinski definition) is 2. The Kier molecular flexibility index (Phi) is 6.12. The van der Waals surface area contributed by atoms with E-state index in [2.05, 4.69) is 10.4 Å². The Bertz CT molecular complexity index is 207. The third-order valence-electron chi connectivity index (χ3n) is 2.17. The summed E-state index contributed by atoms with van der Waals surface area (Å²) in [4.78, 5) is 0. The molecule has 1 atom stereocenters. The minimum absolute atomic E-state index is 0. The van der Waals surface area contributed by atoms with E-state index in [-0.39, 0.29) is 24.8 Å². The second-order valence-corrected chi connectivity index (χ2v) is 3.09. The predicted octanol–water partition coefficient (Wildman–Crippen LogP) is 1.34. The highest BCUT2D eigenvalue weighted by Crippen LogP contribution is 2.09. The molecule has 1 unspecified atom stereocenters. The Morgan fingerprint density at radius 1 is 1.46 bits per heavy atom. The van der Waals surface area contributed by atoms with Gasteiger partial charge in [-0.05, 0) is 31.5 Å². The molecule has 0 radical (unpaired) electrons. The molecular weight excluding hydrogens is 209 g/mol. The molecule has 0 amide bonds. The Balaban J connectivity index is 0.000000720. The van der Waals surface area contributed by atoms with Crippen LogP contribution >= 0.6 is 24.8 Å². The van der Waals surface area contributed by atoms with Crippen LogP contribution in [-0.2, 0) is 6.54 Å². The van der Waals surface area contributed by atoms with Gasteiger partial charge in [-0.15, -0.1) is 24.8 Å². The van der Waals surface area contributed by atoms with Crippen molar-refractivity contribution in [3.8, 4) is 0 Å². The molecule has 5 heteroatoms. The van der Waals surface area contributed by atoms with E-state index in [1.165, 1.54) is 13.0 Å². The van der Waals surface area contributed by atoms with E-state index < -0.39 is 0 Å². The first-order valence-electron chi connectivity index (χ1n) is 4.13. The molecule has 1 aromatic heterocycles. The standard InChI is InChI=1S/C8H13N3.2ClH/c1-3-10-11(5-1)7-8-2-4-9-6-8;;/h1,3,5,8-9H,2,4,6-7H2;2*1H. The summed E-state index contributed by atoms with van der Waals surface area (Å²) >= 11 is 0. The zero-order valence-corrected chi connectivity index (χ0v) is 8.98. The fourth-order valence-electron chi connectivity index (χ4n) is 1.54. The molecule has 1 aromatic rings. The highest BCUT2D eigenvalue weighted by molar-refractivity contribution is 5.85. The van der Waals surface area contributed by atoms with Crippen molar-refractivity contribution in [1.82, 2.24) is 15.1 Å². The minimum Gasteiger partial charge on any atom is -0.316 e. The first-order chi connectivity index (χ1) is 5.45. The van der Waals surface area contributed by atoms with Crippen LogP contribution in [0.15, 0.2) is 18.5 Å². The van der Waals surface area contributed by atoms with E-state index >= 15 is 0 Å². The van der Waals surface area contributed by atoms with Gasteiger partial charge in [-0.3, -0.25) is 4.68 Å². The summed E-state index contributed by atoms with van der Waals surface area (Å²) in [5, 5.41) is 7.51. The van der Waals surface area contributed by atoms with Gasteiger partial charge in [0.05, 0.1) is 0 Å². The van der Waals surface area contributed by atoms with Gasteiger partial charge in [-0.25, -0.2) is 0 Å². The lowest BCUT2D eigenvalue weighted by molar-refractivity contribution is 0.449. The monoisotopic (exact) mass is 223 g/mol. The van der Waals surface area contributed by atoms with Gasteiger partial charge in [0.15, 0.2) is 0 Å². The van der Waals surface area contributed by atoms with Crippen molar-refractivity contribution >= 4 is 24.8 Å². The largest absolute Gasteiger partial charge is 0.316 e. The van der Waals surface area contributed by atoms with E-state index in [0.717, 1.165) is 19.0 Å². The van der Waals surface area contributed by atoms with Crippen molar-refractivity contribution in [2.24, 2.45) is 5.92 Å². The van der Waals surface area contributed by atoms with Gasteiger partial charge in [0.1, 0.15) is 0 Å². The summed E-state index contributed by atoms with van der Waals surface area (Å²) in [7, 11) is 0. The highest BCUT2D eigenvalue weighted by Gasteiger charge is 2.14. The van der Waals surface area contributed by atoms with Crippen molar-refractivity contribution in [1.29, 1.82) is 0 Å². The van der Waals surface area contributed by atoms with Crippen molar-refractivity contribution < 1.29 is 0 Å². The first-order valence-corrected chi connectivity index (χ1v) is 4.13. The third-order valence-corrected chi connectivity index (χ3v) is 2.17. The van der Waals surface area contributed by atoms with Crippen LogP contribution in [0.2, 0.25) is 0 Å². The molecular formula is C8H15Cl2N3. The highest BCUT2D eigenvalue weighted by atomic mass is 35.5. The zero-order valence-electron chi connectivity index (χ0n) is 7.35. The second kappa shape index (κ2) is 6.24. The third kappa shape index (κ3) is 3.55. The summed E-state index contributed by atoms with van der Waals surface area (Å²) in [5.74, 6) is 0.787. The first kappa shape index (κ1) is 12.8. The van der Waals surface area contributed by atoms with Gasteiger partial charge in [0.2, 0.25) is 0 Å². The molecule has 2 heterocycles. The molecule has 2 rings (SSSR count). The molecule has 1 fully saturated rings. The summed E-state index contributed by atoms with van der Waals surface area (Å²) < 4.78 is 2.01. The van der Waals surface area contributed by atoms with Crippen LogP contribution in [0.4, 0.5) is 0 Å². The number of hydrogen-bond donors (Lipinski definition) is 1. The van der Waals surface area contributed by atoms with Crippen LogP contribution in [0, 0.1) is 5.92 Å². The molecule has 1 N–H and O–H groups in total. The number of nitrogens with zero attached hydrogens (tertiary/aromatic N) is 2. The predicted molar refractivity (Wildman–Crippen MR) is 57.7 cm³/mol. The molecule has 1 aliphatic rings. The Labute approximate surface area is 90.7 Å². The van der Waals surface area contributed by atoms with Gasteiger partial charge < -0.3 is 5.32 Å². The summed E-state index contributed by atoms with van der Waals surface area (Å²) in [6.45, 7) is 3.39. The van der Waals surface area contributed by atoms with Gasteiger partial charge in [-0.2, -0.15) is 5.10 Å². The fraction of sp³-hybridized carbons (Fsp3) is 0.625. The molecule has 0 aliphatic carbocycles. The smallest absolute Gasteiger partial charge is 0.0489 e. The van der Waals surface area contributed by atoms with Crippen LogP contribution in [-0.4, -0.2) is 22.9 Å². The maximum Gasteiger partial charge on any atom is 0.0489 e. The zero-order chi connectivity index (χ0) is 7.52. The van der Waals surface area contributed by atoms with E-state index in [4.69, 9.17) is 0 Å². The molecule has 13 heavy (non-hydrogen) atoms. The van der Waals surface area contributed by atoms with Crippen molar-refractivity contribution in [3.05, 3.63) is 18.5 Å². The second-order valence-electron chi connectivity index (χ2n) is 3.09. The van der Waals surface area contributed by atoms with Crippen molar-refractivity contribution in [2.45, 2.75) is 13.0 Å². The van der Waals surface area contributed by atoms with Gasteiger partial charge in [0.25, 0.3) is 0 Å². The molecule has 0 bridgehead atoms. The number of rotatable bonds is 2. The summed E-state index contributed by atoms with van der Waals surface area (Å²) in [6, 6.07) is 1.97. The van der Waals surface area contributed by atoms with Crippen LogP contribution in [0.5, 0.6) is 0 Å². The van der Waals surface area contributed by atoms with Crippen LogP contribution in [0.3, 0.4) is 0 Å². The summed E-state index contributed by atoms with van der Waals surface area (Å²) in [5.41, 5.74) is 0. The lowest BCUT2D eigenvalue weighted by atomic mass is 10.1.